The van der Waals surface area contributed by atoms with Crippen molar-refractivity contribution in [3.05, 3.63) is 51.5 Å². The molecular weight excluding hydrogens is 354 g/mol. The molecule has 1 unspecified atom stereocenters. The Morgan fingerprint density at radius 2 is 2.00 bits per heavy atom. The summed E-state index contributed by atoms with van der Waals surface area (Å²) in [5.74, 6) is -0.132. The van der Waals surface area contributed by atoms with E-state index in [1.807, 2.05) is 41.7 Å². The molecule has 0 aliphatic heterocycles. The highest BCUT2D eigenvalue weighted by molar-refractivity contribution is 7.11. The van der Waals surface area contributed by atoms with Crippen molar-refractivity contribution in [3.63, 3.8) is 0 Å². The fourth-order valence-electron chi connectivity index (χ4n) is 3.05. The largest absolute Gasteiger partial charge is 0.354 e. The number of aryl methyl sites for hydroxylation is 3. The number of nitrogens with one attached hydrogen (secondary N) is 1. The van der Waals surface area contributed by atoms with Crippen molar-refractivity contribution in [1.82, 2.24) is 10.3 Å². The summed E-state index contributed by atoms with van der Waals surface area (Å²) in [7, 11) is 0. The summed E-state index contributed by atoms with van der Waals surface area (Å²) in [5, 5.41) is 4.17. The van der Waals surface area contributed by atoms with Gasteiger partial charge in [-0.1, -0.05) is 30.3 Å². The van der Waals surface area contributed by atoms with E-state index in [4.69, 9.17) is 10.7 Å². The molecule has 1 aliphatic carbocycles. The molecule has 2 aromatic rings. The van der Waals surface area contributed by atoms with Crippen LogP contribution in [0.4, 0.5) is 0 Å². The van der Waals surface area contributed by atoms with Crippen LogP contribution in [0.15, 0.2) is 30.3 Å². The highest BCUT2D eigenvalue weighted by atomic mass is 35.5. The fourth-order valence-corrected chi connectivity index (χ4v) is 4.25. The summed E-state index contributed by atoms with van der Waals surface area (Å²) in [6.07, 6.45) is 6.69. The van der Waals surface area contributed by atoms with Gasteiger partial charge in [-0.05, 0) is 44.6 Å². The molecule has 0 saturated carbocycles. The Kier molecular flexibility index (Phi) is 6.99. The third-order valence-electron chi connectivity index (χ3n) is 4.59. The monoisotopic (exact) mass is 379 g/mol. The van der Waals surface area contributed by atoms with Crippen molar-refractivity contribution in [3.8, 4) is 0 Å². The van der Waals surface area contributed by atoms with Gasteiger partial charge >= 0.3 is 0 Å². The van der Waals surface area contributed by atoms with E-state index in [1.165, 1.54) is 34.8 Å². The minimum absolute atomic E-state index is 0. The lowest BCUT2D eigenvalue weighted by atomic mass is 9.92. The van der Waals surface area contributed by atoms with Gasteiger partial charge in [0.05, 0.1) is 10.7 Å². The number of hydrogen-bond donors (Lipinski definition) is 2. The maximum atomic E-state index is 12.4. The zero-order chi connectivity index (χ0) is 17.0. The number of amides is 1. The molecule has 4 nitrogen and oxygen atoms in total. The lowest BCUT2D eigenvalue weighted by Gasteiger charge is -2.24. The number of carbonyl (C=O) groups is 1. The average Bonchev–Trinajstić information content (AvgIpc) is 3.02. The third-order valence-corrected chi connectivity index (χ3v) is 5.81. The highest BCUT2D eigenvalue weighted by Gasteiger charge is 2.29. The van der Waals surface area contributed by atoms with Crippen molar-refractivity contribution < 1.29 is 4.79 Å². The molecule has 1 atom stereocenters. The second kappa shape index (κ2) is 8.79. The molecule has 6 heteroatoms. The molecule has 1 heterocycles. The molecule has 0 spiro atoms. The number of thiazole rings is 1. The predicted molar refractivity (Wildman–Crippen MR) is 105 cm³/mol. The summed E-state index contributed by atoms with van der Waals surface area (Å²) < 4.78 is 0. The molecule has 25 heavy (non-hydrogen) atoms. The number of nitrogens with two attached hydrogens (primary N) is 1. The van der Waals surface area contributed by atoms with Gasteiger partial charge in [0.25, 0.3) is 0 Å². The predicted octanol–water partition coefficient (Wildman–Crippen LogP) is 3.37. The maximum absolute atomic E-state index is 12.4. The molecule has 1 aliphatic rings. The van der Waals surface area contributed by atoms with Crippen molar-refractivity contribution in [2.45, 2.75) is 51.0 Å². The first-order valence-corrected chi connectivity index (χ1v) is 9.49. The molecule has 0 bridgehead atoms. The minimum Gasteiger partial charge on any atom is -0.354 e. The SMILES string of the molecule is CC(N)(C(=O)NCCCc1nc2c(s1)CCCC2)c1ccccc1.Cl. The summed E-state index contributed by atoms with van der Waals surface area (Å²) >= 11 is 1.85. The minimum atomic E-state index is -0.998. The normalized spacial score (nSPS) is 15.6. The van der Waals surface area contributed by atoms with Gasteiger partial charge in [-0.3, -0.25) is 4.79 Å². The van der Waals surface area contributed by atoms with Gasteiger partial charge in [0.2, 0.25) is 5.91 Å². The Morgan fingerprint density at radius 1 is 1.28 bits per heavy atom. The van der Waals surface area contributed by atoms with Crippen LogP contribution in [-0.2, 0) is 29.6 Å². The van der Waals surface area contributed by atoms with E-state index in [1.54, 1.807) is 6.92 Å². The van der Waals surface area contributed by atoms with Crippen LogP contribution < -0.4 is 11.1 Å². The van der Waals surface area contributed by atoms with Crippen LogP contribution in [0.3, 0.4) is 0 Å². The first-order chi connectivity index (χ1) is 11.6. The van der Waals surface area contributed by atoms with E-state index in [0.29, 0.717) is 6.54 Å². The number of hydrogen-bond acceptors (Lipinski definition) is 4. The number of carbonyl (C=O) groups excluding carboxylic acids is 1. The van der Waals surface area contributed by atoms with Crippen LogP contribution in [0.5, 0.6) is 0 Å². The van der Waals surface area contributed by atoms with Crippen LogP contribution in [0, 0.1) is 0 Å². The van der Waals surface area contributed by atoms with Crippen LogP contribution in [0.2, 0.25) is 0 Å². The zero-order valence-electron chi connectivity index (χ0n) is 14.6. The Labute approximate surface area is 159 Å². The number of nitrogens with zero attached hydrogens (tertiary/aromatic N) is 1. The lowest BCUT2D eigenvalue weighted by Crippen LogP contribution is -2.49. The molecule has 1 aromatic heterocycles. The van der Waals surface area contributed by atoms with Gasteiger partial charge in [-0.25, -0.2) is 4.98 Å². The molecule has 1 amide bonds. The fraction of sp³-hybridized carbons (Fsp3) is 0.474. The Hall–Kier alpha value is -1.43. The van der Waals surface area contributed by atoms with E-state index in [2.05, 4.69) is 5.32 Å². The topological polar surface area (TPSA) is 68.0 Å². The smallest absolute Gasteiger partial charge is 0.244 e. The maximum Gasteiger partial charge on any atom is 0.244 e. The highest BCUT2D eigenvalue weighted by Crippen LogP contribution is 2.27. The van der Waals surface area contributed by atoms with Gasteiger partial charge in [0.1, 0.15) is 5.54 Å². The van der Waals surface area contributed by atoms with Gasteiger partial charge < -0.3 is 11.1 Å². The van der Waals surface area contributed by atoms with Crippen molar-refractivity contribution >= 4 is 29.7 Å². The standard InChI is InChI=1S/C19H25N3OS.ClH/c1-19(20,14-8-3-2-4-9-14)18(23)21-13-7-12-17-22-15-10-5-6-11-16(15)24-17;/h2-4,8-9H,5-7,10-13,20H2,1H3,(H,21,23);1H. The van der Waals surface area contributed by atoms with Crippen molar-refractivity contribution in [2.24, 2.45) is 5.73 Å². The molecule has 0 saturated heterocycles. The van der Waals surface area contributed by atoms with Crippen LogP contribution in [-0.4, -0.2) is 17.4 Å². The summed E-state index contributed by atoms with van der Waals surface area (Å²) in [6, 6.07) is 9.50. The number of fused-ring (bicyclic) bond motifs is 1. The zero-order valence-corrected chi connectivity index (χ0v) is 16.2. The summed E-state index contributed by atoms with van der Waals surface area (Å²) in [4.78, 5) is 18.6. The van der Waals surface area contributed by atoms with E-state index < -0.39 is 5.54 Å². The van der Waals surface area contributed by atoms with Crippen molar-refractivity contribution in [2.75, 3.05) is 6.54 Å². The van der Waals surface area contributed by atoms with E-state index >= 15 is 0 Å². The van der Waals surface area contributed by atoms with Gasteiger partial charge in [-0.2, -0.15) is 0 Å². The van der Waals surface area contributed by atoms with Crippen molar-refractivity contribution in [1.29, 1.82) is 0 Å². The Balaban J connectivity index is 0.00000225. The quantitative estimate of drug-likeness (QED) is 0.756. The van der Waals surface area contributed by atoms with Gasteiger partial charge in [-0.15, -0.1) is 23.7 Å². The van der Waals surface area contributed by atoms with Crippen LogP contribution in [0.25, 0.3) is 0 Å². The van der Waals surface area contributed by atoms with Crippen LogP contribution >= 0.6 is 23.7 Å². The molecular formula is C19H26ClN3OS. The first kappa shape index (κ1) is 19.9. The van der Waals surface area contributed by atoms with E-state index in [0.717, 1.165) is 24.8 Å². The Bertz CT molecular complexity index is 676. The third kappa shape index (κ3) is 4.81. The van der Waals surface area contributed by atoms with Gasteiger partial charge in [0.15, 0.2) is 0 Å². The second-order valence-corrected chi connectivity index (χ2v) is 7.78. The average molecular weight is 380 g/mol. The van der Waals surface area contributed by atoms with Crippen LogP contribution in [0.1, 0.15) is 47.3 Å². The number of aromatic nitrogens is 1. The first-order valence-electron chi connectivity index (χ1n) is 8.67. The molecule has 0 fully saturated rings. The molecule has 3 rings (SSSR count). The van der Waals surface area contributed by atoms with E-state index in [-0.39, 0.29) is 18.3 Å². The number of halogens is 1. The molecule has 3 N–H and O–H groups in total. The number of benzene rings is 1. The second-order valence-electron chi connectivity index (χ2n) is 6.61. The van der Waals surface area contributed by atoms with E-state index in [9.17, 15) is 4.79 Å². The molecule has 136 valence electrons. The Morgan fingerprint density at radius 3 is 2.72 bits per heavy atom. The van der Waals surface area contributed by atoms with Gasteiger partial charge in [0, 0.05) is 17.8 Å². The molecule has 1 aromatic carbocycles. The lowest BCUT2D eigenvalue weighted by molar-refractivity contribution is -0.126. The number of rotatable bonds is 6. The summed E-state index contributed by atoms with van der Waals surface area (Å²) in [6.45, 7) is 2.38. The molecule has 0 radical (unpaired) electrons. The summed E-state index contributed by atoms with van der Waals surface area (Å²) in [5.41, 5.74) is 7.36.